The minimum absolute atomic E-state index is 0.0241. The van der Waals surface area contributed by atoms with Gasteiger partial charge in [0.15, 0.2) is 10.9 Å². The highest BCUT2D eigenvalue weighted by Gasteiger charge is 2.27. The van der Waals surface area contributed by atoms with Crippen molar-refractivity contribution in [2.45, 2.75) is 82.2 Å². The lowest BCUT2D eigenvalue weighted by Crippen LogP contribution is -2.25. The Bertz CT molecular complexity index is 1050. The highest BCUT2D eigenvalue weighted by molar-refractivity contribution is 8.00. The second-order valence-electron chi connectivity index (χ2n) is 8.89. The molecule has 1 aliphatic carbocycles. The Morgan fingerprint density at radius 3 is 2.59 bits per heavy atom. The van der Waals surface area contributed by atoms with Gasteiger partial charge in [-0.3, -0.25) is 9.36 Å². The third kappa shape index (κ3) is 4.77. The molecule has 0 radical (unpaired) electrons. The number of aromatic nitrogens is 3. The van der Waals surface area contributed by atoms with Gasteiger partial charge in [0.2, 0.25) is 11.7 Å². The topological polar surface area (TPSA) is 73.0 Å². The Balaban J connectivity index is 1.57. The standard InChI is InChI=1S/C25H32N4O2S/c1-16(2)20-13-8-10-17(3)22(20)26-24(30)18(4)32-25-28-27-23(21-14-9-15-31-21)29(25)19-11-6-5-7-12-19/h8-10,13-16,18-19H,5-7,11-12H2,1-4H3,(H,26,30). The normalized spacial score (nSPS) is 15.8. The summed E-state index contributed by atoms with van der Waals surface area (Å²) < 4.78 is 7.83. The van der Waals surface area contributed by atoms with Crippen molar-refractivity contribution in [1.82, 2.24) is 14.8 Å². The summed E-state index contributed by atoms with van der Waals surface area (Å²) in [6, 6.07) is 10.3. The van der Waals surface area contributed by atoms with E-state index in [1.807, 2.05) is 38.1 Å². The zero-order valence-electron chi connectivity index (χ0n) is 19.3. The summed E-state index contributed by atoms with van der Waals surface area (Å²) >= 11 is 1.47. The predicted octanol–water partition coefficient (Wildman–Crippen LogP) is 6.59. The molecule has 32 heavy (non-hydrogen) atoms. The lowest BCUT2D eigenvalue weighted by molar-refractivity contribution is -0.115. The molecule has 4 rings (SSSR count). The quantitative estimate of drug-likeness (QED) is 0.409. The summed E-state index contributed by atoms with van der Waals surface area (Å²) in [5.41, 5.74) is 3.15. The van der Waals surface area contributed by atoms with Gasteiger partial charge in [-0.1, -0.05) is 63.1 Å². The predicted molar refractivity (Wildman–Crippen MR) is 129 cm³/mol. The molecule has 170 valence electrons. The third-order valence-corrected chi connectivity index (χ3v) is 7.23. The summed E-state index contributed by atoms with van der Waals surface area (Å²) in [4.78, 5) is 13.2. The van der Waals surface area contributed by atoms with E-state index in [-0.39, 0.29) is 11.2 Å². The van der Waals surface area contributed by atoms with Crippen LogP contribution in [-0.2, 0) is 4.79 Å². The van der Waals surface area contributed by atoms with Gasteiger partial charge in [-0.2, -0.15) is 0 Å². The van der Waals surface area contributed by atoms with E-state index < -0.39 is 0 Å². The van der Waals surface area contributed by atoms with Crippen LogP contribution in [0.5, 0.6) is 0 Å². The van der Waals surface area contributed by atoms with Gasteiger partial charge >= 0.3 is 0 Å². The first-order chi connectivity index (χ1) is 15.5. The number of amides is 1. The van der Waals surface area contributed by atoms with Crippen molar-refractivity contribution in [3.05, 3.63) is 47.7 Å². The average Bonchev–Trinajstić information content (AvgIpc) is 3.45. The van der Waals surface area contributed by atoms with Crippen LogP contribution in [0.2, 0.25) is 0 Å². The molecule has 2 heterocycles. The highest BCUT2D eigenvalue weighted by Crippen LogP contribution is 2.37. The van der Waals surface area contributed by atoms with Crippen LogP contribution >= 0.6 is 11.8 Å². The van der Waals surface area contributed by atoms with E-state index in [0.717, 1.165) is 40.6 Å². The summed E-state index contributed by atoms with van der Waals surface area (Å²) in [6.45, 7) is 8.26. The van der Waals surface area contributed by atoms with Gasteiger partial charge in [0.05, 0.1) is 11.5 Å². The number of aryl methyl sites for hydroxylation is 1. The fourth-order valence-electron chi connectivity index (χ4n) is 4.38. The van der Waals surface area contributed by atoms with Gasteiger partial charge in [0, 0.05) is 11.7 Å². The number of anilines is 1. The Kier molecular flexibility index (Phi) is 7.04. The Morgan fingerprint density at radius 1 is 1.12 bits per heavy atom. The number of carbonyl (C=O) groups is 1. The number of hydrogen-bond donors (Lipinski definition) is 1. The molecular formula is C25H32N4O2S. The molecule has 1 amide bonds. The first-order valence-corrected chi connectivity index (χ1v) is 12.4. The van der Waals surface area contributed by atoms with E-state index in [0.29, 0.717) is 17.7 Å². The molecule has 1 saturated carbocycles. The van der Waals surface area contributed by atoms with Crippen molar-refractivity contribution >= 4 is 23.4 Å². The van der Waals surface area contributed by atoms with E-state index in [1.54, 1.807) is 6.26 Å². The number of benzene rings is 1. The van der Waals surface area contributed by atoms with E-state index in [9.17, 15) is 4.79 Å². The van der Waals surface area contributed by atoms with Crippen molar-refractivity contribution in [3.8, 4) is 11.6 Å². The van der Waals surface area contributed by atoms with Crippen molar-refractivity contribution in [3.63, 3.8) is 0 Å². The van der Waals surface area contributed by atoms with Crippen LogP contribution in [0.15, 0.2) is 46.2 Å². The van der Waals surface area contributed by atoms with Crippen LogP contribution in [0, 0.1) is 6.92 Å². The van der Waals surface area contributed by atoms with Gasteiger partial charge < -0.3 is 9.73 Å². The van der Waals surface area contributed by atoms with Crippen LogP contribution < -0.4 is 5.32 Å². The summed E-state index contributed by atoms with van der Waals surface area (Å²) in [5, 5.41) is 12.6. The summed E-state index contributed by atoms with van der Waals surface area (Å²) in [7, 11) is 0. The number of para-hydroxylation sites is 1. The number of nitrogens with zero attached hydrogens (tertiary/aromatic N) is 3. The fourth-order valence-corrected chi connectivity index (χ4v) is 5.30. The molecule has 0 spiro atoms. The van der Waals surface area contributed by atoms with Crippen LogP contribution in [0.3, 0.4) is 0 Å². The number of thioether (sulfide) groups is 1. The third-order valence-electron chi connectivity index (χ3n) is 6.17. The maximum Gasteiger partial charge on any atom is 0.237 e. The molecule has 1 aromatic carbocycles. The zero-order valence-corrected chi connectivity index (χ0v) is 20.1. The van der Waals surface area contributed by atoms with Gasteiger partial charge in [-0.05, 0) is 55.9 Å². The highest BCUT2D eigenvalue weighted by atomic mass is 32.2. The lowest BCUT2D eigenvalue weighted by Gasteiger charge is -2.25. The Morgan fingerprint density at radius 2 is 1.91 bits per heavy atom. The molecule has 7 heteroatoms. The number of hydrogen-bond acceptors (Lipinski definition) is 5. The number of carbonyl (C=O) groups excluding carboxylic acids is 1. The van der Waals surface area contributed by atoms with Crippen molar-refractivity contribution in [2.75, 3.05) is 5.32 Å². The molecule has 1 unspecified atom stereocenters. The summed E-state index contributed by atoms with van der Waals surface area (Å²) in [6.07, 6.45) is 7.52. The molecular weight excluding hydrogens is 420 g/mol. The van der Waals surface area contributed by atoms with Crippen molar-refractivity contribution < 1.29 is 9.21 Å². The molecule has 0 saturated heterocycles. The zero-order chi connectivity index (χ0) is 22.7. The van der Waals surface area contributed by atoms with Crippen LogP contribution in [0.4, 0.5) is 5.69 Å². The molecule has 2 aromatic heterocycles. The maximum absolute atomic E-state index is 13.2. The van der Waals surface area contributed by atoms with Crippen LogP contribution in [-0.4, -0.2) is 25.9 Å². The van der Waals surface area contributed by atoms with Crippen LogP contribution in [0.1, 0.15) is 76.0 Å². The number of rotatable bonds is 7. The molecule has 3 aromatic rings. The smallest absolute Gasteiger partial charge is 0.237 e. The largest absolute Gasteiger partial charge is 0.461 e. The minimum atomic E-state index is -0.314. The fraction of sp³-hybridized carbons (Fsp3) is 0.480. The van der Waals surface area contributed by atoms with Gasteiger partial charge in [-0.15, -0.1) is 10.2 Å². The Hall–Kier alpha value is -2.54. The molecule has 0 aliphatic heterocycles. The number of furan rings is 1. The van der Waals surface area contributed by atoms with Crippen molar-refractivity contribution in [2.24, 2.45) is 0 Å². The van der Waals surface area contributed by atoms with Crippen LogP contribution in [0.25, 0.3) is 11.6 Å². The molecule has 1 aliphatic rings. The van der Waals surface area contributed by atoms with E-state index in [1.165, 1.54) is 31.0 Å². The molecule has 1 atom stereocenters. The van der Waals surface area contributed by atoms with Gasteiger partial charge in [0.25, 0.3) is 0 Å². The first-order valence-electron chi connectivity index (χ1n) is 11.5. The SMILES string of the molecule is Cc1cccc(C(C)C)c1NC(=O)C(C)Sc1nnc(-c2ccco2)n1C1CCCCC1. The van der Waals surface area contributed by atoms with Gasteiger partial charge in [-0.25, -0.2) is 0 Å². The first kappa shape index (κ1) is 22.6. The van der Waals surface area contributed by atoms with E-state index in [2.05, 4.69) is 40.0 Å². The van der Waals surface area contributed by atoms with Crippen molar-refractivity contribution in [1.29, 1.82) is 0 Å². The Labute approximate surface area is 194 Å². The van der Waals surface area contributed by atoms with E-state index >= 15 is 0 Å². The van der Waals surface area contributed by atoms with Gasteiger partial charge in [0.1, 0.15) is 0 Å². The number of nitrogens with one attached hydrogen (secondary N) is 1. The minimum Gasteiger partial charge on any atom is -0.461 e. The average molecular weight is 453 g/mol. The molecule has 1 N–H and O–H groups in total. The van der Waals surface area contributed by atoms with E-state index in [4.69, 9.17) is 4.42 Å². The molecule has 6 nitrogen and oxygen atoms in total. The molecule has 1 fully saturated rings. The second-order valence-corrected chi connectivity index (χ2v) is 10.2. The maximum atomic E-state index is 13.2. The monoisotopic (exact) mass is 452 g/mol. The molecule has 0 bridgehead atoms. The summed E-state index contributed by atoms with van der Waals surface area (Å²) in [5.74, 6) is 1.77. The second kappa shape index (κ2) is 9.94. The lowest BCUT2D eigenvalue weighted by atomic mass is 9.95.